The Morgan fingerprint density at radius 1 is 1.17 bits per heavy atom. The summed E-state index contributed by atoms with van der Waals surface area (Å²) in [5.41, 5.74) is 2.47. The Hall–Kier alpha value is -2.53. The van der Waals surface area contributed by atoms with Gasteiger partial charge in [0.05, 0.1) is 24.7 Å². The maximum Gasteiger partial charge on any atom is 0.255 e. The number of methoxy groups -OCH3 is 1. The molecule has 0 saturated carbocycles. The molecule has 0 atom stereocenters. The number of amides is 1. The molecule has 0 fully saturated rings. The standard InChI is InChI=1S/C21H18FIN2O4S/c1-29-20-10-15(22)3-4-18(20)17-5-6-24-11-19(17)25-21(26)14-7-13(8-16(23)9-14)12-30(2,27)28/h3-11H,12H2,1-2H3,(H,25,26). The number of hydrogen-bond acceptors (Lipinski definition) is 5. The summed E-state index contributed by atoms with van der Waals surface area (Å²) < 4.78 is 42.8. The van der Waals surface area contributed by atoms with E-state index in [0.717, 1.165) is 9.83 Å². The van der Waals surface area contributed by atoms with E-state index in [1.165, 1.54) is 25.4 Å². The van der Waals surface area contributed by atoms with Crippen LogP contribution in [0.4, 0.5) is 10.1 Å². The minimum Gasteiger partial charge on any atom is -0.496 e. The van der Waals surface area contributed by atoms with Gasteiger partial charge in [0.15, 0.2) is 9.84 Å². The average Bonchev–Trinajstić information content (AvgIpc) is 2.66. The molecule has 30 heavy (non-hydrogen) atoms. The van der Waals surface area contributed by atoms with Gasteiger partial charge in [-0.15, -0.1) is 0 Å². The number of halogens is 2. The summed E-state index contributed by atoms with van der Waals surface area (Å²) in [5, 5.41) is 2.80. The van der Waals surface area contributed by atoms with Crippen molar-refractivity contribution in [3.05, 3.63) is 75.4 Å². The zero-order valence-electron chi connectivity index (χ0n) is 16.1. The summed E-state index contributed by atoms with van der Waals surface area (Å²) in [4.78, 5) is 17.0. The number of nitrogens with zero attached hydrogens (tertiary/aromatic N) is 1. The smallest absolute Gasteiger partial charge is 0.255 e. The number of sulfone groups is 1. The predicted octanol–water partition coefficient (Wildman–Crippen LogP) is 4.30. The van der Waals surface area contributed by atoms with Crippen LogP contribution in [0.25, 0.3) is 11.1 Å². The third-order valence-corrected chi connectivity index (χ3v) is 5.65. The van der Waals surface area contributed by atoms with Crippen LogP contribution < -0.4 is 10.1 Å². The molecule has 9 heteroatoms. The number of carbonyl (C=O) groups is 1. The third kappa shape index (κ3) is 5.54. The SMILES string of the molecule is COc1cc(F)ccc1-c1ccncc1NC(=O)c1cc(I)cc(CS(C)(=O)=O)c1. The number of aromatic nitrogens is 1. The van der Waals surface area contributed by atoms with Gasteiger partial charge in [-0.05, 0) is 64.6 Å². The van der Waals surface area contributed by atoms with Crippen molar-refractivity contribution in [1.29, 1.82) is 0 Å². The molecule has 1 heterocycles. The molecule has 0 aliphatic rings. The first-order valence-electron chi connectivity index (χ1n) is 8.73. The van der Waals surface area contributed by atoms with Gasteiger partial charge in [0.25, 0.3) is 5.91 Å². The predicted molar refractivity (Wildman–Crippen MR) is 122 cm³/mol. The monoisotopic (exact) mass is 540 g/mol. The van der Waals surface area contributed by atoms with E-state index in [2.05, 4.69) is 10.3 Å². The number of carbonyl (C=O) groups excluding carboxylic acids is 1. The molecule has 3 rings (SSSR count). The Labute approximate surface area is 187 Å². The van der Waals surface area contributed by atoms with Crippen LogP contribution in [0.1, 0.15) is 15.9 Å². The number of hydrogen-bond donors (Lipinski definition) is 1. The summed E-state index contributed by atoms with van der Waals surface area (Å²) in [6.07, 6.45) is 4.19. The zero-order valence-corrected chi connectivity index (χ0v) is 19.1. The van der Waals surface area contributed by atoms with Crippen molar-refractivity contribution in [2.45, 2.75) is 5.75 Å². The number of rotatable bonds is 6. The summed E-state index contributed by atoms with van der Waals surface area (Å²) in [6, 6.07) is 10.8. The van der Waals surface area contributed by atoms with Crippen LogP contribution in [0.5, 0.6) is 5.75 Å². The average molecular weight is 540 g/mol. The molecule has 3 aromatic rings. The molecule has 1 aromatic heterocycles. The molecular weight excluding hydrogens is 522 g/mol. The molecule has 0 spiro atoms. The highest BCUT2D eigenvalue weighted by molar-refractivity contribution is 14.1. The van der Waals surface area contributed by atoms with E-state index in [1.54, 1.807) is 36.5 Å². The summed E-state index contributed by atoms with van der Waals surface area (Å²) in [5.74, 6) is -0.692. The Morgan fingerprint density at radius 2 is 1.93 bits per heavy atom. The lowest BCUT2D eigenvalue weighted by Gasteiger charge is -2.14. The van der Waals surface area contributed by atoms with Crippen molar-refractivity contribution in [1.82, 2.24) is 4.98 Å². The van der Waals surface area contributed by atoms with Gasteiger partial charge in [0.2, 0.25) is 0 Å². The van der Waals surface area contributed by atoms with Crippen LogP contribution in [0.15, 0.2) is 54.9 Å². The minimum atomic E-state index is -3.24. The fraction of sp³-hybridized carbons (Fsp3) is 0.143. The lowest BCUT2D eigenvalue weighted by atomic mass is 10.0. The maximum atomic E-state index is 13.6. The highest BCUT2D eigenvalue weighted by atomic mass is 127. The number of ether oxygens (including phenoxy) is 1. The summed E-state index contributed by atoms with van der Waals surface area (Å²) in [7, 11) is -1.80. The molecule has 0 radical (unpaired) electrons. The highest BCUT2D eigenvalue weighted by Gasteiger charge is 2.16. The molecule has 0 aliphatic heterocycles. The van der Waals surface area contributed by atoms with Gasteiger partial charge in [0.1, 0.15) is 11.6 Å². The Morgan fingerprint density at radius 3 is 2.63 bits per heavy atom. The van der Waals surface area contributed by atoms with Gasteiger partial charge in [0, 0.05) is 38.8 Å². The minimum absolute atomic E-state index is 0.158. The summed E-state index contributed by atoms with van der Waals surface area (Å²) >= 11 is 2.04. The van der Waals surface area contributed by atoms with E-state index in [0.29, 0.717) is 33.7 Å². The molecular formula is C21H18FIN2O4S. The van der Waals surface area contributed by atoms with Gasteiger partial charge in [-0.3, -0.25) is 9.78 Å². The molecule has 0 bridgehead atoms. The van der Waals surface area contributed by atoms with Crippen LogP contribution in [-0.4, -0.2) is 32.7 Å². The van der Waals surface area contributed by atoms with Crippen molar-refractivity contribution in [3.63, 3.8) is 0 Å². The molecule has 0 unspecified atom stereocenters. The van der Waals surface area contributed by atoms with Crippen LogP contribution >= 0.6 is 22.6 Å². The number of benzene rings is 2. The second-order valence-corrected chi connectivity index (χ2v) is 10.0. The third-order valence-electron chi connectivity index (χ3n) is 4.17. The highest BCUT2D eigenvalue weighted by Crippen LogP contribution is 2.35. The van der Waals surface area contributed by atoms with E-state index in [4.69, 9.17) is 4.74 Å². The van der Waals surface area contributed by atoms with Crippen molar-refractivity contribution in [2.75, 3.05) is 18.7 Å². The van der Waals surface area contributed by atoms with Crippen molar-refractivity contribution < 1.29 is 22.3 Å². The topological polar surface area (TPSA) is 85.4 Å². The van der Waals surface area contributed by atoms with Gasteiger partial charge >= 0.3 is 0 Å². The van der Waals surface area contributed by atoms with Crippen LogP contribution in [0.2, 0.25) is 0 Å². The van der Waals surface area contributed by atoms with Crippen LogP contribution in [0.3, 0.4) is 0 Å². The fourth-order valence-corrected chi connectivity index (χ4v) is 4.49. The number of anilines is 1. The molecule has 1 N–H and O–H groups in total. The molecule has 1 amide bonds. The normalized spacial score (nSPS) is 11.2. The van der Waals surface area contributed by atoms with E-state index in [1.807, 2.05) is 22.6 Å². The second-order valence-electron chi connectivity index (χ2n) is 6.64. The Kier molecular flexibility index (Phi) is 6.71. The fourth-order valence-electron chi connectivity index (χ4n) is 2.98. The largest absolute Gasteiger partial charge is 0.496 e. The first-order valence-corrected chi connectivity index (χ1v) is 11.9. The zero-order chi connectivity index (χ0) is 21.9. The lowest BCUT2D eigenvalue weighted by Crippen LogP contribution is -2.14. The van der Waals surface area contributed by atoms with Gasteiger partial charge in [-0.2, -0.15) is 0 Å². The van der Waals surface area contributed by atoms with Crippen molar-refractivity contribution in [2.24, 2.45) is 0 Å². The first-order chi connectivity index (χ1) is 14.2. The first kappa shape index (κ1) is 22.2. The van der Waals surface area contributed by atoms with Crippen molar-refractivity contribution >= 4 is 44.0 Å². The maximum absolute atomic E-state index is 13.6. The molecule has 0 aliphatic carbocycles. The molecule has 0 saturated heterocycles. The van der Waals surface area contributed by atoms with Crippen molar-refractivity contribution in [3.8, 4) is 16.9 Å². The molecule has 156 valence electrons. The van der Waals surface area contributed by atoms with Crippen LogP contribution in [-0.2, 0) is 15.6 Å². The van der Waals surface area contributed by atoms with E-state index in [-0.39, 0.29) is 5.75 Å². The molecule has 2 aromatic carbocycles. The van der Waals surface area contributed by atoms with E-state index < -0.39 is 21.6 Å². The number of nitrogens with one attached hydrogen (secondary N) is 1. The number of pyridine rings is 1. The Bertz CT molecular complexity index is 1220. The van der Waals surface area contributed by atoms with Crippen LogP contribution in [0, 0.1) is 9.39 Å². The summed E-state index contributed by atoms with van der Waals surface area (Å²) in [6.45, 7) is 0. The Balaban J connectivity index is 1.96. The van der Waals surface area contributed by atoms with Gasteiger partial charge in [-0.1, -0.05) is 0 Å². The van der Waals surface area contributed by atoms with E-state index in [9.17, 15) is 17.6 Å². The molecule has 6 nitrogen and oxygen atoms in total. The second kappa shape index (κ2) is 9.09. The van der Waals surface area contributed by atoms with E-state index >= 15 is 0 Å². The van der Waals surface area contributed by atoms with Gasteiger partial charge < -0.3 is 10.1 Å². The lowest BCUT2D eigenvalue weighted by molar-refractivity contribution is 0.102. The van der Waals surface area contributed by atoms with Gasteiger partial charge in [-0.25, -0.2) is 12.8 Å². The quantitative estimate of drug-likeness (QED) is 0.472.